The lowest BCUT2D eigenvalue weighted by atomic mass is 10.2. The number of carbonyl (C=O) groups excluding carboxylic acids is 1. The molecule has 24 heavy (non-hydrogen) atoms. The van der Waals surface area contributed by atoms with Crippen LogP contribution in [0, 0.1) is 0 Å². The topological polar surface area (TPSA) is 59.8 Å². The first-order valence-corrected chi connectivity index (χ1v) is 6.89. The van der Waals surface area contributed by atoms with Gasteiger partial charge >= 0.3 is 6.18 Å². The lowest BCUT2D eigenvalue weighted by Crippen LogP contribution is -2.13. The zero-order chi connectivity index (χ0) is 17.2. The van der Waals surface area contributed by atoms with Gasteiger partial charge in [-0.15, -0.1) is 5.10 Å². The molecule has 3 rings (SSSR count). The molecule has 0 unspecified atom stereocenters. The summed E-state index contributed by atoms with van der Waals surface area (Å²) in [4.78, 5) is 15.9. The highest BCUT2D eigenvalue weighted by molar-refractivity contribution is 6.03. The van der Waals surface area contributed by atoms with Crippen LogP contribution in [-0.2, 0) is 6.18 Å². The van der Waals surface area contributed by atoms with Crippen molar-refractivity contribution >= 4 is 11.9 Å². The van der Waals surface area contributed by atoms with Crippen molar-refractivity contribution in [3.8, 4) is 5.69 Å². The minimum Gasteiger partial charge on any atom is -0.289 e. The molecule has 5 nitrogen and oxygen atoms in total. The fourth-order valence-electron chi connectivity index (χ4n) is 2.01. The summed E-state index contributed by atoms with van der Waals surface area (Å²) in [6.45, 7) is 0. The molecule has 122 valence electrons. The second-order valence-electron chi connectivity index (χ2n) is 4.88. The van der Waals surface area contributed by atoms with Crippen molar-refractivity contribution in [1.82, 2.24) is 14.8 Å². The Bertz CT molecular complexity index is 842. The molecule has 3 aromatic rings. The van der Waals surface area contributed by atoms with Crippen molar-refractivity contribution in [3.63, 3.8) is 0 Å². The van der Waals surface area contributed by atoms with Gasteiger partial charge in [0.15, 0.2) is 0 Å². The van der Waals surface area contributed by atoms with Crippen LogP contribution in [0.3, 0.4) is 0 Å². The fourth-order valence-corrected chi connectivity index (χ4v) is 2.01. The molecule has 0 aliphatic carbocycles. The van der Waals surface area contributed by atoms with E-state index in [-0.39, 0.29) is 11.9 Å². The first kappa shape index (κ1) is 15.7. The molecule has 0 atom stereocenters. The minimum absolute atomic E-state index is 0.0590. The van der Waals surface area contributed by atoms with Crippen molar-refractivity contribution in [1.29, 1.82) is 0 Å². The number of rotatable bonds is 3. The fraction of sp³-hybridized carbons (Fsp3) is 0.0625. The van der Waals surface area contributed by atoms with Crippen molar-refractivity contribution in [2.75, 3.05) is 5.32 Å². The normalized spacial score (nSPS) is 11.3. The average Bonchev–Trinajstić information content (AvgIpc) is 3.03. The summed E-state index contributed by atoms with van der Waals surface area (Å²) < 4.78 is 38.9. The maximum absolute atomic E-state index is 12.5. The predicted octanol–water partition coefficient (Wildman–Crippen LogP) is 3.54. The first-order valence-electron chi connectivity index (χ1n) is 6.89. The molecular formula is C16H11F3N4O. The molecule has 1 heterocycles. The Morgan fingerprint density at radius 3 is 2.29 bits per heavy atom. The summed E-state index contributed by atoms with van der Waals surface area (Å²) in [6, 6.07) is 13.0. The molecular weight excluding hydrogens is 321 g/mol. The average molecular weight is 332 g/mol. The third kappa shape index (κ3) is 3.43. The van der Waals surface area contributed by atoms with Crippen molar-refractivity contribution in [2.45, 2.75) is 6.18 Å². The zero-order valence-corrected chi connectivity index (χ0v) is 12.2. The van der Waals surface area contributed by atoms with E-state index in [1.54, 1.807) is 30.3 Å². The summed E-state index contributed by atoms with van der Waals surface area (Å²) in [6.07, 6.45) is -3.08. The molecule has 0 bridgehead atoms. The Labute approximate surface area is 134 Å². The van der Waals surface area contributed by atoms with Crippen LogP contribution >= 0.6 is 0 Å². The molecule has 2 aromatic carbocycles. The van der Waals surface area contributed by atoms with E-state index in [9.17, 15) is 18.0 Å². The number of nitrogens with one attached hydrogen (secondary N) is 1. The highest BCUT2D eigenvalue weighted by Gasteiger charge is 2.30. The lowest BCUT2D eigenvalue weighted by molar-refractivity contribution is -0.137. The minimum atomic E-state index is -4.39. The highest BCUT2D eigenvalue weighted by atomic mass is 19.4. The van der Waals surface area contributed by atoms with E-state index in [1.165, 1.54) is 23.1 Å². The van der Waals surface area contributed by atoms with Gasteiger partial charge in [0.05, 0.1) is 11.3 Å². The molecule has 0 aliphatic heterocycles. The third-order valence-corrected chi connectivity index (χ3v) is 3.21. The largest absolute Gasteiger partial charge is 0.416 e. The van der Waals surface area contributed by atoms with Crippen LogP contribution in [0.2, 0.25) is 0 Å². The van der Waals surface area contributed by atoms with Gasteiger partial charge < -0.3 is 0 Å². The number of hydrogen-bond acceptors (Lipinski definition) is 3. The molecule has 1 amide bonds. The monoisotopic (exact) mass is 332 g/mol. The van der Waals surface area contributed by atoms with E-state index in [1.807, 2.05) is 0 Å². The molecule has 1 N–H and O–H groups in total. The van der Waals surface area contributed by atoms with Gasteiger partial charge in [-0.1, -0.05) is 18.2 Å². The summed E-state index contributed by atoms with van der Waals surface area (Å²) in [5.74, 6) is -0.315. The Morgan fingerprint density at radius 1 is 1.00 bits per heavy atom. The second-order valence-corrected chi connectivity index (χ2v) is 4.88. The number of benzene rings is 2. The molecule has 1 aromatic heterocycles. The number of amides is 1. The van der Waals surface area contributed by atoms with Crippen LogP contribution in [0.25, 0.3) is 5.69 Å². The SMILES string of the molecule is O=C(Nc1ncn(-c2ccc(C(F)(F)F)cc2)n1)c1ccccc1. The predicted molar refractivity (Wildman–Crippen MR) is 80.8 cm³/mol. The summed E-state index contributed by atoms with van der Waals surface area (Å²) in [5, 5.41) is 6.55. The van der Waals surface area contributed by atoms with E-state index >= 15 is 0 Å². The zero-order valence-electron chi connectivity index (χ0n) is 12.2. The van der Waals surface area contributed by atoms with Crippen LogP contribution in [0.1, 0.15) is 15.9 Å². The van der Waals surface area contributed by atoms with Crippen LogP contribution in [0.4, 0.5) is 19.1 Å². The number of nitrogens with zero attached hydrogens (tertiary/aromatic N) is 3. The van der Waals surface area contributed by atoms with Crippen LogP contribution in [-0.4, -0.2) is 20.7 Å². The molecule has 0 spiro atoms. The van der Waals surface area contributed by atoms with E-state index in [0.29, 0.717) is 11.3 Å². The van der Waals surface area contributed by atoms with E-state index in [4.69, 9.17) is 0 Å². The van der Waals surface area contributed by atoms with E-state index < -0.39 is 11.7 Å². The molecule has 0 fully saturated rings. The van der Waals surface area contributed by atoms with Gasteiger partial charge in [-0.25, -0.2) is 4.68 Å². The van der Waals surface area contributed by atoms with Crippen molar-refractivity contribution < 1.29 is 18.0 Å². The van der Waals surface area contributed by atoms with Crippen LogP contribution in [0.5, 0.6) is 0 Å². The van der Waals surface area contributed by atoms with Crippen molar-refractivity contribution in [3.05, 3.63) is 72.1 Å². The van der Waals surface area contributed by atoms with Gasteiger partial charge in [0.2, 0.25) is 5.95 Å². The highest BCUT2D eigenvalue weighted by Crippen LogP contribution is 2.29. The van der Waals surface area contributed by atoms with Crippen LogP contribution < -0.4 is 5.32 Å². The van der Waals surface area contributed by atoms with Gasteiger partial charge in [-0.2, -0.15) is 18.2 Å². The number of hydrogen-bond donors (Lipinski definition) is 1. The third-order valence-electron chi connectivity index (χ3n) is 3.21. The van der Waals surface area contributed by atoms with Gasteiger partial charge in [0.25, 0.3) is 5.91 Å². The maximum atomic E-state index is 12.5. The molecule has 0 saturated heterocycles. The Morgan fingerprint density at radius 2 is 1.67 bits per heavy atom. The molecule has 0 saturated carbocycles. The second kappa shape index (κ2) is 6.15. The maximum Gasteiger partial charge on any atom is 0.416 e. The van der Waals surface area contributed by atoms with Crippen LogP contribution in [0.15, 0.2) is 60.9 Å². The number of halogens is 3. The van der Waals surface area contributed by atoms with Gasteiger partial charge in [-0.05, 0) is 36.4 Å². The number of anilines is 1. The van der Waals surface area contributed by atoms with Gasteiger partial charge in [-0.3, -0.25) is 10.1 Å². The number of alkyl halides is 3. The summed E-state index contributed by atoms with van der Waals surface area (Å²) in [7, 11) is 0. The van der Waals surface area contributed by atoms with E-state index in [2.05, 4.69) is 15.4 Å². The Balaban J connectivity index is 1.75. The van der Waals surface area contributed by atoms with E-state index in [0.717, 1.165) is 12.1 Å². The summed E-state index contributed by atoms with van der Waals surface area (Å²) in [5.41, 5.74) is 0.100. The van der Waals surface area contributed by atoms with Gasteiger partial charge in [0, 0.05) is 5.56 Å². The van der Waals surface area contributed by atoms with Gasteiger partial charge in [0.1, 0.15) is 6.33 Å². The molecule has 0 radical (unpaired) electrons. The van der Waals surface area contributed by atoms with Crippen molar-refractivity contribution in [2.24, 2.45) is 0 Å². The first-order chi connectivity index (χ1) is 11.4. The smallest absolute Gasteiger partial charge is 0.289 e. The quantitative estimate of drug-likeness (QED) is 0.798. The number of carbonyl (C=O) groups is 1. The molecule has 0 aliphatic rings. The Hall–Kier alpha value is -3.16. The summed E-state index contributed by atoms with van der Waals surface area (Å²) >= 11 is 0. The number of aromatic nitrogens is 3. The molecule has 8 heteroatoms. The lowest BCUT2D eigenvalue weighted by Gasteiger charge is -2.07. The Kier molecular flexibility index (Phi) is 4.03. The standard InChI is InChI=1S/C16H11F3N4O/c17-16(18,19)12-6-8-13(9-7-12)23-10-20-15(22-23)21-14(24)11-4-2-1-3-5-11/h1-10H,(H,21,22,24).